The van der Waals surface area contributed by atoms with Crippen molar-refractivity contribution in [1.82, 2.24) is 9.47 Å². The van der Waals surface area contributed by atoms with Crippen LogP contribution in [0, 0.1) is 13.8 Å². The Morgan fingerprint density at radius 2 is 1.71 bits per heavy atom. The number of benzene rings is 1. The van der Waals surface area contributed by atoms with E-state index in [4.69, 9.17) is 16.3 Å². The molecule has 168 valence electrons. The minimum absolute atomic E-state index is 0.191. The van der Waals surface area contributed by atoms with Crippen LogP contribution in [0.4, 0.5) is 0 Å². The van der Waals surface area contributed by atoms with Crippen molar-refractivity contribution in [3.63, 3.8) is 0 Å². The number of carbonyl (C=O) groups excluding carboxylic acids is 3. The largest absolute Gasteiger partial charge is 0.461 e. The minimum Gasteiger partial charge on any atom is -0.461 e. The standard InChI is InChI=1S/C24H31ClN2O4/c1-7-14-27(23(29)18-10-12-19(25)13-11-18)17(6)22(28)20-15(4)21(24(30)31-9-3)26(8-2)16(20)5/h10-13,17H,7-9,14H2,1-6H3. The molecule has 0 spiro atoms. The van der Waals surface area contributed by atoms with Gasteiger partial charge in [0.2, 0.25) is 0 Å². The van der Waals surface area contributed by atoms with Gasteiger partial charge in [0.25, 0.3) is 5.91 Å². The van der Waals surface area contributed by atoms with Gasteiger partial charge in [-0.25, -0.2) is 4.79 Å². The van der Waals surface area contributed by atoms with Crippen molar-refractivity contribution in [1.29, 1.82) is 0 Å². The highest BCUT2D eigenvalue weighted by atomic mass is 35.5. The first-order valence-electron chi connectivity index (χ1n) is 10.7. The van der Waals surface area contributed by atoms with Gasteiger partial charge in [0.05, 0.1) is 12.6 Å². The molecule has 1 unspecified atom stereocenters. The SMILES string of the molecule is CCCN(C(=O)c1ccc(Cl)cc1)C(C)C(=O)c1c(C)c(C(=O)OCC)n(CC)c1C. The predicted octanol–water partition coefficient (Wildman–Crippen LogP) is 5.08. The second-order valence-corrected chi connectivity index (χ2v) is 7.88. The Balaban J connectivity index is 2.47. The van der Waals surface area contributed by atoms with Crippen molar-refractivity contribution in [3.8, 4) is 0 Å². The van der Waals surface area contributed by atoms with Crippen LogP contribution in [0.1, 0.15) is 76.6 Å². The van der Waals surface area contributed by atoms with Gasteiger partial charge in [-0.2, -0.15) is 0 Å². The summed E-state index contributed by atoms with van der Waals surface area (Å²) in [7, 11) is 0. The molecule has 0 aliphatic heterocycles. The molecule has 0 radical (unpaired) electrons. The van der Waals surface area contributed by atoms with Crippen molar-refractivity contribution >= 4 is 29.3 Å². The Labute approximate surface area is 189 Å². The van der Waals surface area contributed by atoms with Crippen molar-refractivity contribution in [2.75, 3.05) is 13.2 Å². The zero-order valence-electron chi connectivity index (χ0n) is 19.1. The third-order valence-corrected chi connectivity index (χ3v) is 5.71. The first kappa shape index (κ1) is 24.7. The average Bonchev–Trinajstić information content (AvgIpc) is 3.00. The lowest BCUT2D eigenvalue weighted by molar-refractivity contribution is 0.0512. The normalized spacial score (nSPS) is 11.8. The highest BCUT2D eigenvalue weighted by molar-refractivity contribution is 6.30. The van der Waals surface area contributed by atoms with Gasteiger partial charge in [-0.3, -0.25) is 9.59 Å². The molecule has 2 rings (SSSR count). The molecule has 1 aromatic carbocycles. The van der Waals surface area contributed by atoms with Crippen LogP contribution in [0.15, 0.2) is 24.3 Å². The lowest BCUT2D eigenvalue weighted by atomic mass is 9.99. The summed E-state index contributed by atoms with van der Waals surface area (Å²) in [6.45, 7) is 12.2. The van der Waals surface area contributed by atoms with Gasteiger partial charge < -0.3 is 14.2 Å². The highest BCUT2D eigenvalue weighted by Crippen LogP contribution is 2.26. The molecule has 0 aliphatic carbocycles. The summed E-state index contributed by atoms with van der Waals surface area (Å²) >= 11 is 5.94. The first-order chi connectivity index (χ1) is 14.7. The number of hydrogen-bond donors (Lipinski definition) is 0. The molecule has 7 heteroatoms. The maximum Gasteiger partial charge on any atom is 0.355 e. The molecule has 1 atom stereocenters. The maximum atomic E-state index is 13.6. The summed E-state index contributed by atoms with van der Waals surface area (Å²) in [5.74, 6) is -0.863. The van der Waals surface area contributed by atoms with E-state index in [1.54, 1.807) is 54.5 Å². The number of aromatic nitrogens is 1. The number of ketones is 1. The van der Waals surface area contributed by atoms with Crippen LogP contribution in [-0.4, -0.2) is 46.3 Å². The number of nitrogens with zero attached hydrogens (tertiary/aromatic N) is 2. The lowest BCUT2D eigenvalue weighted by Gasteiger charge is -2.28. The fourth-order valence-corrected chi connectivity index (χ4v) is 4.06. The van der Waals surface area contributed by atoms with Crippen molar-refractivity contribution in [2.45, 2.75) is 60.5 Å². The quantitative estimate of drug-likeness (QED) is 0.398. The summed E-state index contributed by atoms with van der Waals surface area (Å²) in [6, 6.07) is 5.95. The zero-order valence-corrected chi connectivity index (χ0v) is 19.9. The molecule has 0 bridgehead atoms. The number of amides is 1. The molecule has 2 aromatic rings. The minimum atomic E-state index is -0.691. The Morgan fingerprint density at radius 1 is 1.10 bits per heavy atom. The van der Waals surface area contributed by atoms with Crippen LogP contribution in [-0.2, 0) is 11.3 Å². The Kier molecular flexibility index (Phi) is 8.45. The molecule has 0 saturated heterocycles. The summed E-state index contributed by atoms with van der Waals surface area (Å²) < 4.78 is 7.01. The van der Waals surface area contributed by atoms with Gasteiger partial charge in [-0.15, -0.1) is 0 Å². The summed E-state index contributed by atoms with van der Waals surface area (Å²) in [6.07, 6.45) is 0.707. The number of halogens is 1. The Hall–Kier alpha value is -2.60. The van der Waals surface area contributed by atoms with E-state index in [0.717, 1.165) is 0 Å². The molecule has 0 aliphatic rings. The maximum absolute atomic E-state index is 13.6. The van der Waals surface area contributed by atoms with E-state index in [9.17, 15) is 14.4 Å². The van der Waals surface area contributed by atoms with E-state index in [1.165, 1.54) is 0 Å². The Bertz CT molecular complexity index is 963. The fraction of sp³-hybridized carbons (Fsp3) is 0.458. The van der Waals surface area contributed by atoms with Crippen molar-refractivity contribution in [2.24, 2.45) is 0 Å². The summed E-state index contributed by atoms with van der Waals surface area (Å²) in [5.41, 5.74) is 2.63. The van der Waals surface area contributed by atoms with E-state index in [1.807, 2.05) is 20.8 Å². The summed E-state index contributed by atoms with van der Waals surface area (Å²) in [5, 5.41) is 0.543. The van der Waals surface area contributed by atoms with Gasteiger partial charge in [-0.05, 0) is 70.9 Å². The van der Waals surface area contributed by atoms with Crippen LogP contribution in [0.25, 0.3) is 0 Å². The monoisotopic (exact) mass is 446 g/mol. The van der Waals surface area contributed by atoms with E-state index in [-0.39, 0.29) is 18.3 Å². The van der Waals surface area contributed by atoms with Gasteiger partial charge in [0.1, 0.15) is 5.69 Å². The highest BCUT2D eigenvalue weighted by Gasteiger charge is 2.33. The van der Waals surface area contributed by atoms with E-state index in [2.05, 4.69) is 0 Å². The molecule has 0 fully saturated rings. The molecular formula is C24H31ClN2O4. The van der Waals surface area contributed by atoms with Crippen LogP contribution in [0.3, 0.4) is 0 Å². The smallest absolute Gasteiger partial charge is 0.355 e. The van der Waals surface area contributed by atoms with E-state index >= 15 is 0 Å². The van der Waals surface area contributed by atoms with E-state index < -0.39 is 12.0 Å². The number of esters is 1. The fourth-order valence-electron chi connectivity index (χ4n) is 3.94. The lowest BCUT2D eigenvalue weighted by Crippen LogP contribution is -2.44. The summed E-state index contributed by atoms with van der Waals surface area (Å²) in [4.78, 5) is 40.9. The number of ether oxygens (including phenoxy) is 1. The molecule has 1 amide bonds. The van der Waals surface area contributed by atoms with Gasteiger partial charge in [0.15, 0.2) is 5.78 Å². The molecule has 1 aromatic heterocycles. The third-order valence-electron chi connectivity index (χ3n) is 5.46. The van der Waals surface area contributed by atoms with Crippen LogP contribution in [0.2, 0.25) is 5.02 Å². The second-order valence-electron chi connectivity index (χ2n) is 7.44. The molecule has 0 N–H and O–H groups in total. The number of Topliss-reactive ketones (excluding diaryl/α,β-unsaturated/α-hetero) is 1. The van der Waals surface area contributed by atoms with Gasteiger partial charge >= 0.3 is 5.97 Å². The average molecular weight is 447 g/mol. The van der Waals surface area contributed by atoms with Crippen LogP contribution in [0.5, 0.6) is 0 Å². The molecule has 31 heavy (non-hydrogen) atoms. The molecule has 1 heterocycles. The molecule has 6 nitrogen and oxygen atoms in total. The van der Waals surface area contributed by atoms with E-state index in [0.29, 0.717) is 52.6 Å². The van der Waals surface area contributed by atoms with Crippen molar-refractivity contribution < 1.29 is 19.1 Å². The Morgan fingerprint density at radius 3 is 2.23 bits per heavy atom. The van der Waals surface area contributed by atoms with Crippen LogP contribution < -0.4 is 0 Å². The molecule has 0 saturated carbocycles. The first-order valence-corrected chi connectivity index (χ1v) is 11.0. The second kappa shape index (κ2) is 10.6. The topological polar surface area (TPSA) is 68.6 Å². The predicted molar refractivity (Wildman–Crippen MR) is 122 cm³/mol. The van der Waals surface area contributed by atoms with Gasteiger partial charge in [-0.1, -0.05) is 18.5 Å². The zero-order chi connectivity index (χ0) is 23.3. The number of rotatable bonds is 9. The number of hydrogen-bond acceptors (Lipinski definition) is 4. The van der Waals surface area contributed by atoms with Gasteiger partial charge in [0, 0.05) is 34.9 Å². The van der Waals surface area contributed by atoms with Crippen molar-refractivity contribution in [3.05, 3.63) is 57.4 Å². The number of carbonyl (C=O) groups is 3. The third kappa shape index (κ3) is 5.01. The van der Waals surface area contributed by atoms with Crippen LogP contribution >= 0.6 is 11.6 Å². The molecular weight excluding hydrogens is 416 g/mol.